The number of nitrogen functional groups attached to an aromatic ring is 1. The van der Waals surface area contributed by atoms with E-state index < -0.39 is 0 Å². The molecule has 168 valence electrons. The normalized spacial score (nSPS) is 19.0. The van der Waals surface area contributed by atoms with Crippen LogP contribution in [0.4, 0.5) is 5.82 Å². The highest BCUT2D eigenvalue weighted by Gasteiger charge is 2.23. The van der Waals surface area contributed by atoms with Gasteiger partial charge in [0.05, 0.1) is 28.6 Å². The summed E-state index contributed by atoms with van der Waals surface area (Å²) in [6.45, 7) is 0. The number of aliphatic hydroxyl groups is 1. The number of anilines is 1. The van der Waals surface area contributed by atoms with E-state index >= 15 is 0 Å². The number of hydrogen-bond acceptors (Lipinski definition) is 8. The number of fused-ring (bicyclic) bond motifs is 2. The summed E-state index contributed by atoms with van der Waals surface area (Å²) in [7, 11) is 0. The molecule has 1 saturated carbocycles. The SMILES string of the molecule is CSc1nc2cccc(-c3cc4c(-c5cnn([C@H]6CC[C@H](O)CC6)c5)cnc(N)c4o3)c2s1. The van der Waals surface area contributed by atoms with E-state index in [4.69, 9.17) is 10.2 Å². The summed E-state index contributed by atoms with van der Waals surface area (Å²) in [6.07, 6.45) is 11.1. The van der Waals surface area contributed by atoms with Crippen LogP contribution in [0.1, 0.15) is 31.7 Å². The van der Waals surface area contributed by atoms with Gasteiger partial charge in [-0.15, -0.1) is 11.3 Å². The van der Waals surface area contributed by atoms with E-state index in [9.17, 15) is 5.11 Å². The average Bonchev–Trinajstić information content (AvgIpc) is 3.57. The Morgan fingerprint density at radius 3 is 2.85 bits per heavy atom. The van der Waals surface area contributed by atoms with Crippen LogP contribution in [0.5, 0.6) is 0 Å². The van der Waals surface area contributed by atoms with E-state index in [-0.39, 0.29) is 6.10 Å². The lowest BCUT2D eigenvalue weighted by Crippen LogP contribution is -2.21. The first-order valence-corrected chi connectivity index (χ1v) is 13.0. The number of thiazole rings is 1. The van der Waals surface area contributed by atoms with Gasteiger partial charge in [0.15, 0.2) is 15.7 Å². The summed E-state index contributed by atoms with van der Waals surface area (Å²) >= 11 is 3.31. The highest BCUT2D eigenvalue weighted by molar-refractivity contribution is 8.00. The molecule has 1 aromatic carbocycles. The van der Waals surface area contributed by atoms with E-state index in [0.717, 1.165) is 68.1 Å². The average molecular weight is 478 g/mol. The van der Waals surface area contributed by atoms with Crippen LogP contribution in [0.15, 0.2) is 51.6 Å². The molecular weight excluding hydrogens is 454 g/mol. The molecule has 4 heterocycles. The Hall–Kier alpha value is -2.88. The van der Waals surface area contributed by atoms with Gasteiger partial charge in [-0.2, -0.15) is 5.10 Å². The molecule has 5 aromatic rings. The third-order valence-corrected chi connectivity index (χ3v) is 8.47. The zero-order valence-electron chi connectivity index (χ0n) is 18.1. The summed E-state index contributed by atoms with van der Waals surface area (Å²) in [4.78, 5) is 9.08. The van der Waals surface area contributed by atoms with Gasteiger partial charge < -0.3 is 15.3 Å². The van der Waals surface area contributed by atoms with Crippen molar-refractivity contribution in [1.82, 2.24) is 19.7 Å². The van der Waals surface area contributed by atoms with Crippen molar-refractivity contribution in [1.29, 1.82) is 0 Å². The Labute approximate surface area is 198 Å². The standard InChI is InChI=1S/C24H23N5O2S2/c1-32-24-28-19-4-2-3-16(22(19)33-24)20-9-17-18(11-26-23(25)21(17)31-20)13-10-27-29(12-13)14-5-7-15(30)8-6-14/h2-4,9-12,14-15,30H,5-8H2,1H3,(H2,25,26)/t14-,15-. The fourth-order valence-electron chi connectivity index (χ4n) is 4.62. The van der Waals surface area contributed by atoms with Crippen LogP contribution in [0.2, 0.25) is 0 Å². The summed E-state index contributed by atoms with van der Waals surface area (Å²) in [5, 5.41) is 15.4. The molecule has 0 unspecified atom stereocenters. The van der Waals surface area contributed by atoms with Crippen LogP contribution in [0.25, 0.3) is 43.6 Å². The maximum absolute atomic E-state index is 9.81. The van der Waals surface area contributed by atoms with Gasteiger partial charge in [0.1, 0.15) is 5.76 Å². The second kappa shape index (κ2) is 8.16. The number of aliphatic hydroxyl groups excluding tert-OH is 1. The maximum atomic E-state index is 9.81. The molecule has 1 fully saturated rings. The number of furan rings is 1. The van der Waals surface area contributed by atoms with Crippen LogP contribution in [-0.4, -0.2) is 37.2 Å². The fourth-order valence-corrected chi connectivity index (χ4v) is 6.20. The quantitative estimate of drug-likeness (QED) is 0.318. The van der Waals surface area contributed by atoms with Gasteiger partial charge in [0.25, 0.3) is 0 Å². The van der Waals surface area contributed by atoms with Crippen LogP contribution in [0.3, 0.4) is 0 Å². The molecule has 1 aliphatic rings. The van der Waals surface area contributed by atoms with E-state index in [1.807, 2.05) is 35.3 Å². The van der Waals surface area contributed by atoms with E-state index in [1.165, 1.54) is 0 Å². The third-order valence-electron chi connectivity index (χ3n) is 6.38. The molecule has 7 nitrogen and oxygen atoms in total. The molecule has 33 heavy (non-hydrogen) atoms. The number of pyridine rings is 1. The van der Waals surface area contributed by atoms with Crippen molar-refractivity contribution in [3.63, 3.8) is 0 Å². The largest absolute Gasteiger partial charge is 0.452 e. The number of nitrogens with zero attached hydrogens (tertiary/aromatic N) is 4. The van der Waals surface area contributed by atoms with Crippen molar-refractivity contribution in [2.24, 2.45) is 0 Å². The molecule has 3 N–H and O–H groups in total. The predicted molar refractivity (Wildman–Crippen MR) is 134 cm³/mol. The minimum absolute atomic E-state index is 0.184. The van der Waals surface area contributed by atoms with Gasteiger partial charge in [-0.1, -0.05) is 17.8 Å². The number of hydrogen-bond donors (Lipinski definition) is 2. The molecule has 6 rings (SSSR count). The first-order valence-electron chi connectivity index (χ1n) is 10.9. The third kappa shape index (κ3) is 3.60. The zero-order chi connectivity index (χ0) is 22.5. The van der Waals surface area contributed by atoms with Crippen LogP contribution < -0.4 is 5.73 Å². The molecule has 0 atom stereocenters. The Morgan fingerprint density at radius 1 is 1.18 bits per heavy atom. The molecule has 0 radical (unpaired) electrons. The van der Waals surface area contributed by atoms with E-state index in [2.05, 4.69) is 27.3 Å². The van der Waals surface area contributed by atoms with Crippen molar-refractivity contribution < 1.29 is 9.52 Å². The molecule has 0 saturated heterocycles. The minimum Gasteiger partial charge on any atom is -0.452 e. The number of thioether (sulfide) groups is 1. The Bertz CT molecular complexity index is 1460. The second-order valence-electron chi connectivity index (χ2n) is 8.42. The number of nitrogens with two attached hydrogens (primary N) is 1. The van der Waals surface area contributed by atoms with Crippen molar-refractivity contribution in [2.45, 2.75) is 42.2 Å². The van der Waals surface area contributed by atoms with Gasteiger partial charge in [-0.05, 0) is 50.1 Å². The number of rotatable bonds is 4. The van der Waals surface area contributed by atoms with Crippen LogP contribution >= 0.6 is 23.1 Å². The highest BCUT2D eigenvalue weighted by atomic mass is 32.2. The lowest BCUT2D eigenvalue weighted by molar-refractivity contribution is 0.108. The molecule has 0 aliphatic heterocycles. The molecule has 9 heteroatoms. The predicted octanol–water partition coefficient (Wildman–Crippen LogP) is 5.75. The van der Waals surface area contributed by atoms with Gasteiger partial charge in [-0.3, -0.25) is 4.68 Å². The van der Waals surface area contributed by atoms with Gasteiger partial charge in [0.2, 0.25) is 0 Å². The summed E-state index contributed by atoms with van der Waals surface area (Å²) in [5.41, 5.74) is 10.7. The van der Waals surface area contributed by atoms with Crippen molar-refractivity contribution in [3.8, 4) is 22.5 Å². The van der Waals surface area contributed by atoms with Crippen LogP contribution in [0, 0.1) is 0 Å². The Balaban J connectivity index is 1.43. The van der Waals surface area contributed by atoms with Gasteiger partial charge in [-0.25, -0.2) is 9.97 Å². The smallest absolute Gasteiger partial charge is 0.177 e. The summed E-state index contributed by atoms with van der Waals surface area (Å²) in [6, 6.07) is 8.44. The lowest BCUT2D eigenvalue weighted by Gasteiger charge is -2.25. The van der Waals surface area contributed by atoms with Crippen molar-refractivity contribution >= 4 is 50.1 Å². The van der Waals surface area contributed by atoms with Crippen molar-refractivity contribution in [3.05, 3.63) is 42.9 Å². The molecule has 4 aromatic heterocycles. The molecule has 0 amide bonds. The summed E-state index contributed by atoms with van der Waals surface area (Å²) < 4.78 is 10.4. The molecule has 1 aliphatic carbocycles. The molecule has 0 bridgehead atoms. The topological polar surface area (TPSA) is 103 Å². The van der Waals surface area contributed by atoms with Gasteiger partial charge >= 0.3 is 0 Å². The van der Waals surface area contributed by atoms with E-state index in [0.29, 0.717) is 17.4 Å². The fraction of sp³-hybridized carbons (Fsp3) is 0.292. The second-order valence-corrected chi connectivity index (χ2v) is 10.5. The highest BCUT2D eigenvalue weighted by Crippen LogP contribution is 2.41. The first kappa shape index (κ1) is 20.7. The Morgan fingerprint density at radius 2 is 2.03 bits per heavy atom. The zero-order valence-corrected chi connectivity index (χ0v) is 19.7. The lowest BCUT2D eigenvalue weighted by atomic mass is 9.93. The van der Waals surface area contributed by atoms with Crippen LogP contribution in [-0.2, 0) is 0 Å². The van der Waals surface area contributed by atoms with Gasteiger partial charge in [0, 0.05) is 34.5 Å². The number of benzene rings is 1. The number of aromatic nitrogens is 4. The molecular formula is C24H23N5O2S2. The molecule has 0 spiro atoms. The minimum atomic E-state index is -0.184. The maximum Gasteiger partial charge on any atom is 0.177 e. The first-order chi connectivity index (χ1) is 16.1. The van der Waals surface area contributed by atoms with E-state index in [1.54, 1.807) is 29.3 Å². The van der Waals surface area contributed by atoms with Crippen molar-refractivity contribution in [2.75, 3.05) is 12.0 Å². The monoisotopic (exact) mass is 477 g/mol. The Kier molecular flexibility index (Phi) is 5.12. The summed E-state index contributed by atoms with van der Waals surface area (Å²) in [5.74, 6) is 1.12.